The molecule has 0 heterocycles. The molecule has 0 aromatic heterocycles. The maximum Gasteiger partial charge on any atom is 0.266 e. The zero-order chi connectivity index (χ0) is 22.9. The van der Waals surface area contributed by atoms with Crippen molar-refractivity contribution in [3.63, 3.8) is 0 Å². The Hall–Kier alpha value is -4.07. The van der Waals surface area contributed by atoms with Crippen molar-refractivity contribution in [3.05, 3.63) is 93.5 Å². The maximum atomic E-state index is 12.5. The van der Waals surface area contributed by atoms with Gasteiger partial charge in [0, 0.05) is 11.3 Å². The Kier molecular flexibility index (Phi) is 7.64. The predicted molar refractivity (Wildman–Crippen MR) is 125 cm³/mol. The lowest BCUT2D eigenvalue weighted by atomic mass is 10.1. The summed E-state index contributed by atoms with van der Waals surface area (Å²) in [5, 5.41) is 21.3. The second kappa shape index (κ2) is 10.8. The van der Waals surface area contributed by atoms with Crippen LogP contribution in [0.2, 0.25) is 0 Å². The number of halogens is 1. The van der Waals surface area contributed by atoms with Crippen molar-refractivity contribution >= 4 is 33.6 Å². The van der Waals surface area contributed by atoms with Crippen LogP contribution in [0, 0.1) is 22.7 Å². The summed E-state index contributed by atoms with van der Waals surface area (Å²) in [5.74, 6) is 0.737. The highest BCUT2D eigenvalue weighted by Gasteiger charge is 2.11. The van der Waals surface area contributed by atoms with Crippen LogP contribution in [0.1, 0.15) is 16.7 Å². The summed E-state index contributed by atoms with van der Waals surface area (Å²) in [5.41, 5.74) is 2.52. The predicted octanol–water partition coefficient (Wildman–Crippen LogP) is 5.45. The Labute approximate surface area is 194 Å². The number of methoxy groups -OCH3 is 1. The molecule has 7 heteroatoms. The van der Waals surface area contributed by atoms with Crippen LogP contribution in [0.25, 0.3) is 6.08 Å². The quantitative estimate of drug-likeness (QED) is 0.352. The first-order chi connectivity index (χ1) is 15.5. The van der Waals surface area contributed by atoms with Crippen molar-refractivity contribution < 1.29 is 14.3 Å². The van der Waals surface area contributed by atoms with Crippen molar-refractivity contribution in [3.8, 4) is 23.6 Å². The molecule has 0 unspecified atom stereocenters. The van der Waals surface area contributed by atoms with E-state index in [2.05, 4.69) is 27.3 Å². The van der Waals surface area contributed by atoms with Gasteiger partial charge in [0.2, 0.25) is 0 Å². The number of hydrogen-bond donors (Lipinski definition) is 1. The van der Waals surface area contributed by atoms with Gasteiger partial charge >= 0.3 is 0 Å². The third kappa shape index (κ3) is 5.75. The van der Waals surface area contributed by atoms with Gasteiger partial charge in [0.05, 0.1) is 23.2 Å². The van der Waals surface area contributed by atoms with Gasteiger partial charge in [-0.2, -0.15) is 10.5 Å². The number of nitriles is 2. The van der Waals surface area contributed by atoms with Gasteiger partial charge in [0.25, 0.3) is 5.91 Å². The molecule has 3 aromatic rings. The van der Waals surface area contributed by atoms with E-state index in [0.29, 0.717) is 32.8 Å². The largest absolute Gasteiger partial charge is 0.497 e. The minimum Gasteiger partial charge on any atom is -0.497 e. The highest BCUT2D eigenvalue weighted by molar-refractivity contribution is 9.10. The van der Waals surface area contributed by atoms with E-state index >= 15 is 0 Å². The number of rotatable bonds is 7. The third-order valence-corrected chi connectivity index (χ3v) is 5.12. The lowest BCUT2D eigenvalue weighted by Crippen LogP contribution is -2.13. The standard InChI is InChI=1S/C25H18BrN3O3/c1-31-22-9-7-21(8-10-22)29-25(30)20(15-28)12-17-6-11-24(23(26)13-17)32-16-19-5-3-2-4-18(19)14-27/h2-13H,16H2,1H3,(H,29,30). The minimum atomic E-state index is -0.512. The van der Waals surface area contributed by atoms with E-state index in [0.717, 1.165) is 5.56 Å². The van der Waals surface area contributed by atoms with E-state index in [4.69, 9.17) is 9.47 Å². The van der Waals surface area contributed by atoms with E-state index in [1.54, 1.807) is 61.7 Å². The molecule has 3 rings (SSSR count). The summed E-state index contributed by atoms with van der Waals surface area (Å²) >= 11 is 3.46. The summed E-state index contributed by atoms with van der Waals surface area (Å²) < 4.78 is 11.6. The molecule has 1 amide bonds. The Morgan fingerprint density at radius 3 is 2.50 bits per heavy atom. The van der Waals surface area contributed by atoms with Crippen molar-refractivity contribution in [2.75, 3.05) is 12.4 Å². The molecule has 1 N–H and O–H groups in total. The van der Waals surface area contributed by atoms with Gasteiger partial charge in [-0.15, -0.1) is 0 Å². The van der Waals surface area contributed by atoms with Crippen molar-refractivity contribution in [2.24, 2.45) is 0 Å². The molecule has 0 saturated carbocycles. The van der Waals surface area contributed by atoms with Gasteiger partial charge in [-0.05, 0) is 70.0 Å². The molecule has 0 bridgehead atoms. The normalized spacial score (nSPS) is 10.6. The summed E-state index contributed by atoms with van der Waals surface area (Å²) in [6.07, 6.45) is 1.50. The summed E-state index contributed by atoms with van der Waals surface area (Å²) in [6.45, 7) is 0.241. The van der Waals surface area contributed by atoms with E-state index in [1.807, 2.05) is 18.2 Å². The lowest BCUT2D eigenvalue weighted by Gasteiger charge is -2.10. The molecule has 0 atom stereocenters. The fraction of sp³-hybridized carbons (Fsp3) is 0.0800. The number of nitrogens with zero attached hydrogens (tertiary/aromatic N) is 2. The van der Waals surface area contributed by atoms with Crippen LogP contribution in [0.3, 0.4) is 0 Å². The number of amides is 1. The molecule has 32 heavy (non-hydrogen) atoms. The van der Waals surface area contributed by atoms with Gasteiger partial charge in [-0.25, -0.2) is 0 Å². The molecule has 0 saturated heterocycles. The zero-order valence-corrected chi connectivity index (χ0v) is 18.7. The van der Waals surface area contributed by atoms with Gasteiger partial charge in [-0.1, -0.05) is 24.3 Å². The van der Waals surface area contributed by atoms with Crippen LogP contribution in [-0.4, -0.2) is 13.0 Å². The van der Waals surface area contributed by atoms with E-state index < -0.39 is 5.91 Å². The van der Waals surface area contributed by atoms with E-state index in [9.17, 15) is 15.3 Å². The van der Waals surface area contributed by atoms with Crippen molar-refractivity contribution in [1.82, 2.24) is 0 Å². The fourth-order valence-electron chi connectivity index (χ4n) is 2.82. The van der Waals surface area contributed by atoms with Crippen molar-refractivity contribution in [1.29, 1.82) is 10.5 Å². The van der Waals surface area contributed by atoms with Gasteiger partial charge < -0.3 is 14.8 Å². The Morgan fingerprint density at radius 2 is 1.84 bits per heavy atom. The first kappa shape index (κ1) is 22.6. The summed E-state index contributed by atoms with van der Waals surface area (Å²) in [7, 11) is 1.56. The number of anilines is 1. The highest BCUT2D eigenvalue weighted by atomic mass is 79.9. The van der Waals surface area contributed by atoms with Gasteiger partial charge in [0.1, 0.15) is 29.7 Å². The first-order valence-electron chi connectivity index (χ1n) is 9.51. The SMILES string of the molecule is COc1ccc(NC(=O)C(C#N)=Cc2ccc(OCc3ccccc3C#N)c(Br)c2)cc1. The topological polar surface area (TPSA) is 95.1 Å². The molecule has 0 spiro atoms. The summed E-state index contributed by atoms with van der Waals surface area (Å²) in [4.78, 5) is 12.5. The number of hydrogen-bond acceptors (Lipinski definition) is 5. The lowest BCUT2D eigenvalue weighted by molar-refractivity contribution is -0.112. The van der Waals surface area contributed by atoms with Crippen LogP contribution in [0.5, 0.6) is 11.5 Å². The molecule has 0 aliphatic heterocycles. The average Bonchev–Trinajstić information content (AvgIpc) is 2.82. The number of carbonyl (C=O) groups is 1. The van der Waals surface area contributed by atoms with Crippen LogP contribution in [-0.2, 0) is 11.4 Å². The molecule has 158 valence electrons. The van der Waals surface area contributed by atoms with Gasteiger partial charge in [-0.3, -0.25) is 4.79 Å². The molecular formula is C25H18BrN3O3. The fourth-order valence-corrected chi connectivity index (χ4v) is 3.33. The highest BCUT2D eigenvalue weighted by Crippen LogP contribution is 2.28. The average molecular weight is 488 g/mol. The molecule has 0 aliphatic rings. The molecular weight excluding hydrogens is 470 g/mol. The van der Waals surface area contributed by atoms with E-state index in [-0.39, 0.29) is 12.2 Å². The maximum absolute atomic E-state index is 12.5. The number of nitrogens with one attached hydrogen (secondary N) is 1. The molecule has 6 nitrogen and oxygen atoms in total. The number of ether oxygens (including phenoxy) is 2. The minimum absolute atomic E-state index is 0.0377. The molecule has 0 radical (unpaired) electrons. The Morgan fingerprint density at radius 1 is 1.09 bits per heavy atom. The Bertz CT molecular complexity index is 1240. The Balaban J connectivity index is 1.71. The van der Waals surface area contributed by atoms with Crippen molar-refractivity contribution in [2.45, 2.75) is 6.61 Å². The van der Waals surface area contributed by atoms with Crippen LogP contribution in [0.15, 0.2) is 76.8 Å². The monoisotopic (exact) mass is 487 g/mol. The van der Waals surface area contributed by atoms with Crippen LogP contribution < -0.4 is 14.8 Å². The zero-order valence-electron chi connectivity index (χ0n) is 17.1. The number of carbonyl (C=O) groups excluding carboxylic acids is 1. The molecule has 3 aromatic carbocycles. The molecule has 0 aliphatic carbocycles. The van der Waals surface area contributed by atoms with E-state index in [1.165, 1.54) is 6.08 Å². The smallest absolute Gasteiger partial charge is 0.266 e. The second-order valence-corrected chi connectivity index (χ2v) is 7.45. The van der Waals surface area contributed by atoms with Crippen LogP contribution >= 0.6 is 15.9 Å². The number of benzene rings is 3. The first-order valence-corrected chi connectivity index (χ1v) is 10.3. The summed E-state index contributed by atoms with van der Waals surface area (Å²) in [6, 6.07) is 23.4. The third-order valence-electron chi connectivity index (χ3n) is 4.50. The molecule has 0 fully saturated rings. The van der Waals surface area contributed by atoms with Gasteiger partial charge in [0.15, 0.2) is 0 Å². The second-order valence-electron chi connectivity index (χ2n) is 6.60. The van der Waals surface area contributed by atoms with Crippen LogP contribution in [0.4, 0.5) is 5.69 Å².